The van der Waals surface area contributed by atoms with Crippen LogP contribution in [-0.4, -0.2) is 63.9 Å². The Kier molecular flexibility index (Phi) is 6.97. The normalized spacial score (nSPS) is 21.7. The number of amides is 1. The van der Waals surface area contributed by atoms with Gasteiger partial charge in [-0.2, -0.15) is 0 Å². The number of nitrogens with one attached hydrogen (secondary N) is 1. The number of rotatable bonds is 3. The average Bonchev–Trinajstić information content (AvgIpc) is 2.76. The molecule has 2 bridgehead atoms. The van der Waals surface area contributed by atoms with E-state index in [4.69, 9.17) is 24.5 Å². The number of anilines is 1. The molecule has 158 valence electrons. The number of aliphatic carboxylic acids is 2. The fourth-order valence-corrected chi connectivity index (χ4v) is 3.65. The zero-order valence-corrected chi connectivity index (χ0v) is 16.2. The van der Waals surface area contributed by atoms with Gasteiger partial charge in [-0.15, -0.1) is 0 Å². The van der Waals surface area contributed by atoms with Crippen LogP contribution in [0.25, 0.3) is 11.3 Å². The Morgan fingerprint density at radius 1 is 1.00 bits per heavy atom. The van der Waals surface area contributed by atoms with Crippen LogP contribution in [0.5, 0.6) is 0 Å². The molecule has 5 rings (SSSR count). The first kappa shape index (κ1) is 21.3. The monoisotopic (exact) mass is 413 g/mol. The van der Waals surface area contributed by atoms with Gasteiger partial charge in [0.15, 0.2) is 0 Å². The van der Waals surface area contributed by atoms with Crippen LogP contribution < -0.4 is 5.32 Å². The summed E-state index contributed by atoms with van der Waals surface area (Å²) in [6.07, 6.45) is 3.59. The minimum Gasteiger partial charge on any atom is -0.473 e. The van der Waals surface area contributed by atoms with Crippen LogP contribution in [0.2, 0.25) is 0 Å². The second kappa shape index (κ2) is 9.84. The van der Waals surface area contributed by atoms with E-state index in [0.717, 1.165) is 43.7 Å². The Morgan fingerprint density at radius 3 is 2.23 bits per heavy atom. The van der Waals surface area contributed by atoms with Gasteiger partial charge in [-0.3, -0.25) is 15.2 Å². The number of carboxylic acid groups (broad SMARTS) is 2. The standard InChI is InChI=1S/C19H21N3O2.C2H2O4/c23-19(24-17-13-22-11-8-14(17)9-12-22)21-16-7-4-10-20-18(16)15-5-2-1-3-6-15;3-1(4)2(5)6/h1-7,10,14,17H,8-9,11-13H2,(H,21,23);(H,3,4)(H,5,6). The van der Waals surface area contributed by atoms with Gasteiger partial charge in [-0.25, -0.2) is 14.4 Å². The molecule has 0 saturated carbocycles. The van der Waals surface area contributed by atoms with Gasteiger partial charge < -0.3 is 14.9 Å². The number of piperidine rings is 3. The first-order valence-electron chi connectivity index (χ1n) is 9.60. The Morgan fingerprint density at radius 2 is 1.67 bits per heavy atom. The number of hydrogen-bond donors (Lipinski definition) is 3. The molecule has 1 amide bonds. The van der Waals surface area contributed by atoms with Gasteiger partial charge in [-0.1, -0.05) is 30.3 Å². The molecular formula is C21H23N3O6. The molecule has 30 heavy (non-hydrogen) atoms. The maximum absolute atomic E-state index is 12.4. The van der Waals surface area contributed by atoms with Crippen molar-refractivity contribution in [1.82, 2.24) is 9.88 Å². The predicted molar refractivity (Wildman–Crippen MR) is 108 cm³/mol. The summed E-state index contributed by atoms with van der Waals surface area (Å²) in [5, 5.41) is 17.7. The number of carboxylic acids is 2. The lowest BCUT2D eigenvalue weighted by Crippen LogP contribution is -2.52. The molecule has 1 aromatic heterocycles. The molecule has 0 spiro atoms. The Labute approximate surface area is 173 Å². The summed E-state index contributed by atoms with van der Waals surface area (Å²) in [6.45, 7) is 3.12. The molecule has 2 aromatic rings. The van der Waals surface area contributed by atoms with E-state index in [-0.39, 0.29) is 12.2 Å². The van der Waals surface area contributed by atoms with Crippen LogP contribution >= 0.6 is 0 Å². The zero-order chi connectivity index (χ0) is 21.5. The molecule has 0 radical (unpaired) electrons. The summed E-state index contributed by atoms with van der Waals surface area (Å²) >= 11 is 0. The highest BCUT2D eigenvalue weighted by atomic mass is 16.6. The van der Waals surface area contributed by atoms with E-state index in [1.807, 2.05) is 42.5 Å². The van der Waals surface area contributed by atoms with Crippen LogP contribution in [0.15, 0.2) is 48.7 Å². The first-order chi connectivity index (χ1) is 14.4. The molecule has 9 nitrogen and oxygen atoms in total. The second-order valence-corrected chi connectivity index (χ2v) is 7.08. The largest absolute Gasteiger partial charge is 0.473 e. The summed E-state index contributed by atoms with van der Waals surface area (Å²) < 4.78 is 5.70. The Hall–Kier alpha value is -3.46. The number of carbonyl (C=O) groups excluding carboxylic acids is 1. The van der Waals surface area contributed by atoms with Gasteiger partial charge in [-0.05, 0) is 44.0 Å². The molecular weight excluding hydrogens is 390 g/mol. The second-order valence-electron chi connectivity index (χ2n) is 7.08. The predicted octanol–water partition coefficient (Wildman–Crippen LogP) is 2.55. The number of nitrogens with zero attached hydrogens (tertiary/aromatic N) is 2. The number of ether oxygens (including phenoxy) is 1. The minimum absolute atomic E-state index is 0.00402. The number of carbonyl (C=O) groups is 3. The van der Waals surface area contributed by atoms with Crippen LogP contribution in [-0.2, 0) is 14.3 Å². The number of pyridine rings is 1. The number of benzene rings is 1. The molecule has 4 heterocycles. The zero-order valence-electron chi connectivity index (χ0n) is 16.2. The number of aromatic nitrogens is 1. The van der Waals surface area contributed by atoms with Crippen molar-refractivity contribution in [3.05, 3.63) is 48.7 Å². The maximum Gasteiger partial charge on any atom is 0.414 e. The maximum atomic E-state index is 12.4. The number of fused-ring (bicyclic) bond motifs is 3. The highest BCUT2D eigenvalue weighted by molar-refractivity contribution is 6.27. The summed E-state index contributed by atoms with van der Waals surface area (Å²) in [4.78, 5) is 37.3. The Balaban J connectivity index is 0.000000377. The van der Waals surface area contributed by atoms with Crippen molar-refractivity contribution >= 4 is 23.7 Å². The third kappa shape index (κ3) is 5.54. The van der Waals surface area contributed by atoms with Gasteiger partial charge in [0.1, 0.15) is 6.10 Å². The highest BCUT2D eigenvalue weighted by Crippen LogP contribution is 2.30. The van der Waals surface area contributed by atoms with Crippen LogP contribution in [0.4, 0.5) is 10.5 Å². The van der Waals surface area contributed by atoms with Crippen LogP contribution in [0.3, 0.4) is 0 Å². The third-order valence-electron chi connectivity index (χ3n) is 5.13. The summed E-state index contributed by atoms with van der Waals surface area (Å²) in [5.41, 5.74) is 2.40. The molecule has 3 N–H and O–H groups in total. The topological polar surface area (TPSA) is 129 Å². The van der Waals surface area contributed by atoms with Gasteiger partial charge in [0.2, 0.25) is 0 Å². The van der Waals surface area contributed by atoms with Crippen molar-refractivity contribution < 1.29 is 29.3 Å². The van der Waals surface area contributed by atoms with Crippen molar-refractivity contribution in [2.24, 2.45) is 5.92 Å². The van der Waals surface area contributed by atoms with Gasteiger partial charge >= 0.3 is 18.0 Å². The van der Waals surface area contributed by atoms with Crippen LogP contribution in [0.1, 0.15) is 12.8 Å². The molecule has 1 atom stereocenters. The van der Waals surface area contributed by atoms with E-state index in [2.05, 4.69) is 15.2 Å². The van der Waals surface area contributed by atoms with Crippen molar-refractivity contribution in [2.75, 3.05) is 25.0 Å². The fraction of sp³-hybridized carbons (Fsp3) is 0.333. The Bertz CT molecular complexity index is 885. The molecule has 1 aromatic carbocycles. The molecule has 3 saturated heterocycles. The van der Waals surface area contributed by atoms with Gasteiger partial charge in [0.25, 0.3) is 0 Å². The molecule has 3 aliphatic rings. The lowest BCUT2D eigenvalue weighted by atomic mass is 9.86. The lowest BCUT2D eigenvalue weighted by molar-refractivity contribution is -0.159. The van der Waals surface area contributed by atoms with Crippen molar-refractivity contribution in [3.63, 3.8) is 0 Å². The van der Waals surface area contributed by atoms with Crippen molar-refractivity contribution in [1.29, 1.82) is 0 Å². The lowest BCUT2D eigenvalue weighted by Gasteiger charge is -2.43. The van der Waals surface area contributed by atoms with E-state index in [1.54, 1.807) is 6.20 Å². The summed E-state index contributed by atoms with van der Waals surface area (Å²) in [6, 6.07) is 13.5. The molecule has 3 aliphatic heterocycles. The molecule has 3 fully saturated rings. The van der Waals surface area contributed by atoms with E-state index in [9.17, 15) is 4.79 Å². The van der Waals surface area contributed by atoms with E-state index < -0.39 is 11.9 Å². The molecule has 0 aliphatic carbocycles. The van der Waals surface area contributed by atoms with Gasteiger partial charge in [0, 0.05) is 18.3 Å². The van der Waals surface area contributed by atoms with Crippen molar-refractivity contribution in [2.45, 2.75) is 18.9 Å². The number of hydrogen-bond acceptors (Lipinski definition) is 6. The fourth-order valence-electron chi connectivity index (χ4n) is 3.65. The van der Waals surface area contributed by atoms with Crippen LogP contribution in [0, 0.1) is 5.92 Å². The summed E-state index contributed by atoms with van der Waals surface area (Å²) in [7, 11) is 0. The molecule has 9 heteroatoms. The van der Waals surface area contributed by atoms with E-state index in [1.165, 1.54) is 0 Å². The first-order valence-corrected chi connectivity index (χ1v) is 9.60. The van der Waals surface area contributed by atoms with E-state index in [0.29, 0.717) is 11.6 Å². The highest BCUT2D eigenvalue weighted by Gasteiger charge is 2.36. The summed E-state index contributed by atoms with van der Waals surface area (Å²) in [5.74, 6) is -3.15. The average molecular weight is 413 g/mol. The minimum atomic E-state index is -1.82. The quantitative estimate of drug-likeness (QED) is 0.655. The SMILES string of the molecule is O=C(Nc1cccnc1-c1ccccc1)OC1CN2CCC1CC2.O=C(O)C(=O)O. The van der Waals surface area contributed by atoms with Crippen molar-refractivity contribution in [3.8, 4) is 11.3 Å². The smallest absolute Gasteiger partial charge is 0.414 e. The third-order valence-corrected chi connectivity index (χ3v) is 5.13. The van der Waals surface area contributed by atoms with E-state index >= 15 is 0 Å². The van der Waals surface area contributed by atoms with Gasteiger partial charge in [0.05, 0.1) is 11.4 Å². The molecule has 1 unspecified atom stereocenters.